The molecule has 1 aromatic rings. The van der Waals surface area contributed by atoms with Crippen molar-refractivity contribution in [2.75, 3.05) is 12.3 Å². The highest BCUT2D eigenvalue weighted by molar-refractivity contribution is 9.10. The summed E-state index contributed by atoms with van der Waals surface area (Å²) in [4.78, 5) is 0. The normalized spacial score (nSPS) is 13.7. The van der Waals surface area contributed by atoms with E-state index in [9.17, 15) is 17.6 Å². The molecule has 0 aliphatic heterocycles. The van der Waals surface area contributed by atoms with Gasteiger partial charge in [0.25, 0.3) is 0 Å². The summed E-state index contributed by atoms with van der Waals surface area (Å²) < 4.78 is 49.0. The van der Waals surface area contributed by atoms with Crippen LogP contribution in [0, 0.1) is 5.82 Å². The molecule has 0 amide bonds. The lowest BCUT2D eigenvalue weighted by Gasteiger charge is -2.15. The summed E-state index contributed by atoms with van der Waals surface area (Å²) in [5.41, 5.74) is -3.37. The number of halogens is 5. The van der Waals surface area contributed by atoms with E-state index in [1.165, 1.54) is 6.07 Å². The van der Waals surface area contributed by atoms with Crippen molar-refractivity contribution in [1.29, 1.82) is 0 Å². The quantitative estimate of drug-likeness (QED) is 0.623. The molecule has 0 aromatic heterocycles. The van der Waals surface area contributed by atoms with Crippen LogP contribution in [0.3, 0.4) is 0 Å². The first-order valence-corrected chi connectivity index (χ1v) is 6.96. The zero-order valence-electron chi connectivity index (χ0n) is 9.52. The summed E-state index contributed by atoms with van der Waals surface area (Å²) in [5, 5.41) is 2.95. The molecule has 7 heteroatoms. The summed E-state index contributed by atoms with van der Waals surface area (Å²) in [6.07, 6.45) is 0. The van der Waals surface area contributed by atoms with Gasteiger partial charge in [0.2, 0.25) is 0 Å². The molecule has 0 aliphatic carbocycles. The Morgan fingerprint density at radius 1 is 1.39 bits per heavy atom. The second kappa shape index (κ2) is 6.77. The fourth-order valence-corrected chi connectivity index (χ4v) is 2.19. The van der Waals surface area contributed by atoms with Crippen LogP contribution in [0.5, 0.6) is 0 Å². The van der Waals surface area contributed by atoms with Crippen molar-refractivity contribution >= 4 is 27.7 Å². The number of hydrogen-bond acceptors (Lipinski definition) is 2. The van der Waals surface area contributed by atoms with E-state index in [4.69, 9.17) is 0 Å². The van der Waals surface area contributed by atoms with Crippen molar-refractivity contribution in [3.8, 4) is 0 Å². The Labute approximate surface area is 115 Å². The molecule has 0 saturated carbocycles. The molecule has 0 saturated heterocycles. The van der Waals surface area contributed by atoms with Crippen LogP contribution in [-0.2, 0) is 0 Å². The van der Waals surface area contributed by atoms with Crippen molar-refractivity contribution in [2.24, 2.45) is 0 Å². The first-order valence-electron chi connectivity index (χ1n) is 5.18. The van der Waals surface area contributed by atoms with E-state index in [1.54, 1.807) is 12.1 Å². The molecule has 0 heterocycles. The Morgan fingerprint density at radius 3 is 2.61 bits per heavy atom. The smallest absolute Gasteiger partial charge is 0.309 e. The highest BCUT2D eigenvalue weighted by atomic mass is 79.9. The molecular formula is C11H12BrF4NS. The third kappa shape index (κ3) is 5.58. The van der Waals surface area contributed by atoms with Crippen molar-refractivity contribution in [3.05, 3.63) is 34.1 Å². The second-order valence-electron chi connectivity index (χ2n) is 3.64. The molecule has 1 aromatic carbocycles. The Bertz CT molecular complexity index is 397. The van der Waals surface area contributed by atoms with Gasteiger partial charge in [-0.25, -0.2) is 4.39 Å². The highest BCUT2D eigenvalue weighted by Gasteiger charge is 2.27. The molecular weight excluding hydrogens is 334 g/mol. The largest absolute Gasteiger partial charge is 0.441 e. The van der Waals surface area contributed by atoms with Crippen molar-refractivity contribution in [2.45, 2.75) is 18.5 Å². The maximum Gasteiger partial charge on any atom is 0.441 e. The fourth-order valence-electron chi connectivity index (χ4n) is 1.34. The van der Waals surface area contributed by atoms with Crippen molar-refractivity contribution in [1.82, 2.24) is 5.32 Å². The molecule has 0 bridgehead atoms. The predicted molar refractivity (Wildman–Crippen MR) is 69.0 cm³/mol. The van der Waals surface area contributed by atoms with Crippen LogP contribution >= 0.6 is 27.7 Å². The van der Waals surface area contributed by atoms with Crippen LogP contribution in [0.2, 0.25) is 0 Å². The summed E-state index contributed by atoms with van der Waals surface area (Å²) in [5.74, 6) is -0.408. The molecule has 1 N–H and O–H groups in total. The molecule has 0 radical (unpaired) electrons. The minimum atomic E-state index is -4.19. The van der Waals surface area contributed by atoms with Gasteiger partial charge in [-0.2, -0.15) is 13.2 Å². The van der Waals surface area contributed by atoms with E-state index in [1.807, 2.05) is 6.92 Å². The van der Waals surface area contributed by atoms with Gasteiger partial charge in [-0.15, -0.1) is 0 Å². The van der Waals surface area contributed by atoms with Crippen molar-refractivity contribution in [3.63, 3.8) is 0 Å². The number of thioether (sulfide) groups is 1. The van der Waals surface area contributed by atoms with Gasteiger partial charge in [0.05, 0.1) is 4.47 Å². The van der Waals surface area contributed by atoms with Gasteiger partial charge in [0, 0.05) is 18.3 Å². The van der Waals surface area contributed by atoms with E-state index in [0.29, 0.717) is 4.47 Å². The minimum absolute atomic E-state index is 0.0454. The van der Waals surface area contributed by atoms with Gasteiger partial charge in [-0.1, -0.05) is 6.07 Å². The number of benzene rings is 1. The van der Waals surface area contributed by atoms with Crippen LogP contribution in [0.4, 0.5) is 17.6 Å². The summed E-state index contributed by atoms with van der Waals surface area (Å²) in [6, 6.07) is 4.41. The van der Waals surface area contributed by atoms with Gasteiger partial charge in [0.1, 0.15) is 5.82 Å². The van der Waals surface area contributed by atoms with Crippen LogP contribution in [-0.4, -0.2) is 17.8 Å². The maximum atomic E-state index is 13.0. The molecule has 1 unspecified atom stereocenters. The third-order valence-electron chi connectivity index (χ3n) is 2.26. The van der Waals surface area contributed by atoms with E-state index < -0.39 is 5.51 Å². The first-order chi connectivity index (χ1) is 8.29. The zero-order chi connectivity index (χ0) is 13.8. The number of nitrogens with one attached hydrogen (secondary N) is 1. The summed E-state index contributed by atoms with van der Waals surface area (Å²) in [6.45, 7) is 2.05. The number of rotatable bonds is 5. The van der Waals surface area contributed by atoms with Crippen LogP contribution in [0.15, 0.2) is 22.7 Å². The SMILES string of the molecule is CC(NCCSC(F)(F)F)c1ccc(F)c(Br)c1. The minimum Gasteiger partial charge on any atom is -0.309 e. The molecule has 1 atom stereocenters. The number of alkyl halides is 3. The van der Waals surface area contributed by atoms with E-state index in [0.717, 1.165) is 5.56 Å². The van der Waals surface area contributed by atoms with Crippen molar-refractivity contribution < 1.29 is 17.6 Å². The maximum absolute atomic E-state index is 13.0. The van der Waals surface area contributed by atoms with Gasteiger partial charge in [-0.05, 0) is 52.3 Å². The molecule has 1 nitrogen and oxygen atoms in total. The Morgan fingerprint density at radius 2 is 2.06 bits per heavy atom. The molecule has 0 spiro atoms. The van der Waals surface area contributed by atoms with Gasteiger partial charge in [0.15, 0.2) is 0 Å². The second-order valence-corrected chi connectivity index (χ2v) is 5.66. The number of hydrogen-bond donors (Lipinski definition) is 1. The summed E-state index contributed by atoms with van der Waals surface area (Å²) >= 11 is 3.01. The van der Waals surface area contributed by atoms with E-state index in [2.05, 4.69) is 21.2 Å². The molecule has 0 fully saturated rings. The van der Waals surface area contributed by atoms with Gasteiger partial charge < -0.3 is 5.32 Å². The monoisotopic (exact) mass is 345 g/mol. The Kier molecular flexibility index (Phi) is 5.94. The third-order valence-corrected chi connectivity index (χ3v) is 3.61. The standard InChI is InChI=1S/C11H12BrF4NS/c1-7(17-4-5-18-11(14,15)16)8-2-3-10(13)9(12)6-8/h2-3,6-7,17H,4-5H2,1H3. The first kappa shape index (κ1) is 15.8. The van der Waals surface area contributed by atoms with E-state index in [-0.39, 0.29) is 35.9 Å². The Hall–Kier alpha value is -0.270. The average molecular weight is 346 g/mol. The summed E-state index contributed by atoms with van der Waals surface area (Å²) in [7, 11) is 0. The zero-order valence-corrected chi connectivity index (χ0v) is 11.9. The Balaban J connectivity index is 2.41. The van der Waals surface area contributed by atoms with Crippen LogP contribution < -0.4 is 5.32 Å². The lowest BCUT2D eigenvalue weighted by atomic mass is 10.1. The lowest BCUT2D eigenvalue weighted by Crippen LogP contribution is -2.22. The highest BCUT2D eigenvalue weighted by Crippen LogP contribution is 2.29. The van der Waals surface area contributed by atoms with Gasteiger partial charge in [-0.3, -0.25) is 0 Å². The van der Waals surface area contributed by atoms with Crippen LogP contribution in [0.1, 0.15) is 18.5 Å². The molecule has 1 rings (SSSR count). The van der Waals surface area contributed by atoms with Gasteiger partial charge >= 0.3 is 5.51 Å². The molecule has 18 heavy (non-hydrogen) atoms. The molecule has 102 valence electrons. The fraction of sp³-hybridized carbons (Fsp3) is 0.455. The lowest BCUT2D eigenvalue weighted by molar-refractivity contribution is -0.0327. The average Bonchev–Trinajstić information content (AvgIpc) is 2.26. The van der Waals surface area contributed by atoms with Crippen LogP contribution in [0.25, 0.3) is 0 Å². The predicted octanol–water partition coefficient (Wildman–Crippen LogP) is 4.49. The van der Waals surface area contributed by atoms with E-state index >= 15 is 0 Å². The topological polar surface area (TPSA) is 12.0 Å². The molecule has 0 aliphatic rings.